The van der Waals surface area contributed by atoms with Gasteiger partial charge < -0.3 is 10.4 Å². The molecule has 1 unspecified atom stereocenters. The predicted molar refractivity (Wildman–Crippen MR) is 69.0 cm³/mol. The van der Waals surface area contributed by atoms with Crippen molar-refractivity contribution in [2.24, 2.45) is 0 Å². The van der Waals surface area contributed by atoms with Crippen LogP contribution in [-0.2, 0) is 17.8 Å². The number of hydrogen-bond acceptors (Lipinski definition) is 3. The van der Waals surface area contributed by atoms with E-state index in [0.717, 1.165) is 31.5 Å². The van der Waals surface area contributed by atoms with Crippen LogP contribution in [0.15, 0.2) is 6.20 Å². The third-order valence-corrected chi connectivity index (χ3v) is 3.80. The molecule has 2 N–H and O–H groups in total. The fourth-order valence-electron chi connectivity index (χ4n) is 2.22. The molecule has 0 aliphatic carbocycles. The number of carbonyl (C=O) groups excluding carboxylic acids is 1. The minimum Gasteiger partial charge on any atom is -0.480 e. The monoisotopic (exact) mass is 265 g/mol. The van der Waals surface area contributed by atoms with Gasteiger partial charge >= 0.3 is 5.97 Å². The molecule has 6 nitrogen and oxygen atoms in total. The number of aromatic nitrogens is 2. The Kier molecular flexibility index (Phi) is 3.59. The van der Waals surface area contributed by atoms with Crippen LogP contribution in [0, 0.1) is 0 Å². The van der Waals surface area contributed by atoms with Gasteiger partial charge in [-0.15, -0.1) is 0 Å². The van der Waals surface area contributed by atoms with Crippen molar-refractivity contribution in [3.05, 3.63) is 17.5 Å². The van der Waals surface area contributed by atoms with Gasteiger partial charge in [-0.1, -0.05) is 6.92 Å². The Morgan fingerprint density at radius 1 is 1.53 bits per heavy atom. The second kappa shape index (κ2) is 5.03. The molecule has 1 amide bonds. The molecule has 1 aliphatic heterocycles. The van der Waals surface area contributed by atoms with E-state index in [-0.39, 0.29) is 5.91 Å². The number of nitrogens with one attached hydrogen (secondary N) is 1. The Hall–Kier alpha value is -1.85. The molecule has 2 heterocycles. The first-order chi connectivity index (χ1) is 8.98. The highest BCUT2D eigenvalue weighted by molar-refractivity contribution is 5.98. The molecule has 1 aromatic heterocycles. The summed E-state index contributed by atoms with van der Waals surface area (Å²) in [5.74, 6) is -1.38. The van der Waals surface area contributed by atoms with Gasteiger partial charge in [0.25, 0.3) is 5.91 Å². The molecule has 0 saturated carbocycles. The zero-order chi connectivity index (χ0) is 14.0. The topological polar surface area (TPSA) is 84.2 Å². The van der Waals surface area contributed by atoms with Crippen LogP contribution in [0.2, 0.25) is 0 Å². The highest BCUT2D eigenvalue weighted by Crippen LogP contribution is 2.19. The van der Waals surface area contributed by atoms with Gasteiger partial charge in [0.15, 0.2) is 0 Å². The number of rotatable bonds is 4. The maximum atomic E-state index is 12.2. The third-order valence-electron chi connectivity index (χ3n) is 3.80. The molecule has 2 rings (SSSR count). The summed E-state index contributed by atoms with van der Waals surface area (Å²) in [6.45, 7) is 4.08. The van der Waals surface area contributed by atoms with Crippen molar-refractivity contribution in [2.75, 3.05) is 0 Å². The number of amides is 1. The van der Waals surface area contributed by atoms with E-state index in [1.165, 1.54) is 13.1 Å². The first kappa shape index (κ1) is 13.6. The summed E-state index contributed by atoms with van der Waals surface area (Å²) in [6, 6.07) is 0. The summed E-state index contributed by atoms with van der Waals surface area (Å²) >= 11 is 0. The molecule has 0 bridgehead atoms. The Balaban J connectivity index is 2.21. The second-order valence-electron chi connectivity index (χ2n) is 5.13. The van der Waals surface area contributed by atoms with Crippen molar-refractivity contribution in [1.82, 2.24) is 15.1 Å². The minimum atomic E-state index is -1.24. The quantitative estimate of drug-likeness (QED) is 0.856. The van der Waals surface area contributed by atoms with Gasteiger partial charge in [-0.05, 0) is 32.6 Å². The summed E-state index contributed by atoms with van der Waals surface area (Å²) in [5.41, 5.74) is 0.175. The van der Waals surface area contributed by atoms with Gasteiger partial charge in [-0.2, -0.15) is 5.10 Å². The Labute approximate surface area is 111 Å². The maximum Gasteiger partial charge on any atom is 0.329 e. The van der Waals surface area contributed by atoms with Gasteiger partial charge in [0.05, 0.1) is 17.5 Å². The van der Waals surface area contributed by atoms with Crippen LogP contribution in [0.4, 0.5) is 0 Å². The molecule has 6 heteroatoms. The van der Waals surface area contributed by atoms with Crippen LogP contribution < -0.4 is 5.32 Å². The third kappa shape index (κ3) is 2.47. The van der Waals surface area contributed by atoms with Gasteiger partial charge in [0, 0.05) is 6.54 Å². The lowest BCUT2D eigenvalue weighted by atomic mass is 9.98. The van der Waals surface area contributed by atoms with Gasteiger partial charge in [0.2, 0.25) is 0 Å². The highest BCUT2D eigenvalue weighted by Gasteiger charge is 2.34. The molecular formula is C13H19N3O3. The molecule has 1 aliphatic rings. The largest absolute Gasteiger partial charge is 0.480 e. The van der Waals surface area contributed by atoms with E-state index in [0.29, 0.717) is 12.0 Å². The lowest BCUT2D eigenvalue weighted by Gasteiger charge is -2.24. The maximum absolute atomic E-state index is 12.2. The molecular weight excluding hydrogens is 246 g/mol. The summed E-state index contributed by atoms with van der Waals surface area (Å²) in [5, 5.41) is 16.0. The molecule has 19 heavy (non-hydrogen) atoms. The zero-order valence-electron chi connectivity index (χ0n) is 11.3. The normalized spacial score (nSPS) is 17.4. The average Bonchev–Trinajstić information content (AvgIpc) is 2.82. The van der Waals surface area contributed by atoms with Gasteiger partial charge in [-0.3, -0.25) is 9.48 Å². The van der Waals surface area contributed by atoms with Gasteiger partial charge in [-0.25, -0.2) is 4.79 Å². The van der Waals surface area contributed by atoms with Gasteiger partial charge in [0.1, 0.15) is 5.54 Å². The first-order valence-corrected chi connectivity index (χ1v) is 6.58. The molecule has 104 valence electrons. The van der Waals surface area contributed by atoms with E-state index in [1.807, 2.05) is 4.68 Å². The van der Waals surface area contributed by atoms with Crippen LogP contribution >= 0.6 is 0 Å². The predicted octanol–water partition coefficient (Wildman–Crippen LogP) is 1.20. The SMILES string of the molecule is CCC(C)(NC(=O)c1cnn2c1CCCC2)C(=O)O. The van der Waals surface area contributed by atoms with Crippen molar-refractivity contribution in [3.8, 4) is 0 Å². The Bertz CT molecular complexity index is 509. The Morgan fingerprint density at radius 3 is 2.89 bits per heavy atom. The van der Waals surface area contributed by atoms with E-state index >= 15 is 0 Å². The fraction of sp³-hybridized carbons (Fsp3) is 0.615. The summed E-state index contributed by atoms with van der Waals surface area (Å²) < 4.78 is 1.84. The molecule has 0 radical (unpaired) electrons. The Morgan fingerprint density at radius 2 is 2.26 bits per heavy atom. The van der Waals surface area contributed by atoms with Crippen molar-refractivity contribution >= 4 is 11.9 Å². The lowest BCUT2D eigenvalue weighted by Crippen LogP contribution is -2.51. The fourth-order valence-corrected chi connectivity index (χ4v) is 2.22. The van der Waals surface area contributed by atoms with E-state index < -0.39 is 11.5 Å². The molecule has 0 saturated heterocycles. The zero-order valence-corrected chi connectivity index (χ0v) is 11.3. The van der Waals surface area contributed by atoms with Crippen LogP contribution in [0.25, 0.3) is 0 Å². The van der Waals surface area contributed by atoms with Crippen molar-refractivity contribution in [2.45, 2.75) is 51.6 Å². The van der Waals surface area contributed by atoms with Crippen LogP contribution in [0.1, 0.15) is 49.2 Å². The number of hydrogen-bond donors (Lipinski definition) is 2. The first-order valence-electron chi connectivity index (χ1n) is 6.58. The smallest absolute Gasteiger partial charge is 0.329 e. The van der Waals surface area contributed by atoms with Crippen molar-refractivity contribution < 1.29 is 14.7 Å². The molecule has 1 atom stereocenters. The number of aryl methyl sites for hydroxylation is 1. The molecule has 0 fully saturated rings. The lowest BCUT2D eigenvalue weighted by molar-refractivity contribution is -0.143. The van der Waals surface area contributed by atoms with E-state index in [9.17, 15) is 14.7 Å². The molecule has 1 aromatic rings. The van der Waals surface area contributed by atoms with Crippen LogP contribution in [0.3, 0.4) is 0 Å². The number of nitrogens with zero attached hydrogens (tertiary/aromatic N) is 2. The van der Waals surface area contributed by atoms with E-state index in [4.69, 9.17) is 0 Å². The highest BCUT2D eigenvalue weighted by atomic mass is 16.4. The minimum absolute atomic E-state index is 0.331. The summed E-state index contributed by atoms with van der Waals surface area (Å²) in [6.07, 6.45) is 4.79. The standard InChI is InChI=1S/C13H19N3O3/c1-3-13(2,12(18)19)15-11(17)9-8-14-16-7-5-4-6-10(9)16/h8H,3-7H2,1-2H3,(H,15,17)(H,18,19). The number of carbonyl (C=O) groups is 2. The van der Waals surface area contributed by atoms with Crippen molar-refractivity contribution in [3.63, 3.8) is 0 Å². The second-order valence-corrected chi connectivity index (χ2v) is 5.13. The van der Waals surface area contributed by atoms with Crippen LogP contribution in [0.5, 0.6) is 0 Å². The van der Waals surface area contributed by atoms with E-state index in [2.05, 4.69) is 10.4 Å². The summed E-state index contributed by atoms with van der Waals surface area (Å²) in [7, 11) is 0. The number of carboxylic acid groups (broad SMARTS) is 1. The average molecular weight is 265 g/mol. The number of carboxylic acids is 1. The van der Waals surface area contributed by atoms with E-state index in [1.54, 1.807) is 6.92 Å². The van der Waals surface area contributed by atoms with Crippen molar-refractivity contribution in [1.29, 1.82) is 0 Å². The number of fused-ring (bicyclic) bond motifs is 1. The molecule has 0 spiro atoms. The van der Waals surface area contributed by atoms with Crippen LogP contribution in [-0.4, -0.2) is 32.3 Å². The molecule has 0 aromatic carbocycles. The number of aliphatic carboxylic acids is 1. The summed E-state index contributed by atoms with van der Waals surface area (Å²) in [4.78, 5) is 23.4.